The van der Waals surface area contributed by atoms with E-state index in [0.29, 0.717) is 17.5 Å². The predicted octanol–water partition coefficient (Wildman–Crippen LogP) is 4.03. The Bertz CT molecular complexity index is 410. The fraction of sp³-hybridized carbons (Fsp3) is 0.571. The second-order valence-corrected chi connectivity index (χ2v) is 6.70. The highest BCUT2D eigenvalue weighted by atomic mass is 19.4. The van der Waals surface area contributed by atoms with Gasteiger partial charge in [0.15, 0.2) is 6.71 Å². The van der Waals surface area contributed by atoms with Crippen molar-refractivity contribution in [3.05, 3.63) is 24.3 Å². The Labute approximate surface area is 108 Å². The van der Waals surface area contributed by atoms with Crippen molar-refractivity contribution in [2.75, 3.05) is 5.34 Å². The summed E-state index contributed by atoms with van der Waals surface area (Å²) in [4.78, 5) is 0. The van der Waals surface area contributed by atoms with Crippen molar-refractivity contribution in [3.8, 4) is 0 Å². The third-order valence-electron chi connectivity index (χ3n) is 4.91. The van der Waals surface area contributed by atoms with Gasteiger partial charge in [0, 0.05) is 0 Å². The molecule has 1 aromatic rings. The minimum atomic E-state index is -0.841. The fourth-order valence-corrected chi connectivity index (χ4v) is 2.95. The van der Waals surface area contributed by atoms with Gasteiger partial charge in [-0.15, -0.1) is 0 Å². The molecular weight excluding hydrogens is 231 g/mol. The summed E-state index contributed by atoms with van der Waals surface area (Å²) in [6.45, 7) is 9.67. The van der Waals surface area contributed by atoms with Gasteiger partial charge >= 0.3 is 0 Å². The zero-order valence-corrected chi connectivity index (χ0v) is 11.5. The van der Waals surface area contributed by atoms with Gasteiger partial charge in [0.05, 0.1) is 0 Å². The van der Waals surface area contributed by atoms with E-state index in [0.717, 1.165) is 12.6 Å². The normalized spacial score (nSPS) is 21.1. The first-order valence-corrected chi connectivity index (χ1v) is 6.45. The number of benzene rings is 1. The second-order valence-electron chi connectivity index (χ2n) is 6.70. The average Bonchev–Trinajstić information content (AvgIpc) is 2.48. The molecule has 0 unspecified atom stereocenters. The van der Waals surface area contributed by atoms with Crippen molar-refractivity contribution in [2.24, 2.45) is 10.8 Å². The summed E-state index contributed by atoms with van der Waals surface area (Å²) in [5.74, 6) is 0. The van der Waals surface area contributed by atoms with Crippen LogP contribution in [0.2, 0.25) is 12.6 Å². The smallest absolute Gasteiger partial charge is 0.0799 e. The van der Waals surface area contributed by atoms with Crippen molar-refractivity contribution < 1.29 is 8.96 Å². The lowest BCUT2D eigenvalue weighted by molar-refractivity contribution is 0.177. The lowest BCUT2D eigenvalue weighted by atomic mass is 9.42. The van der Waals surface area contributed by atoms with Crippen LogP contribution >= 0.6 is 0 Å². The molecule has 1 heterocycles. The summed E-state index contributed by atoms with van der Waals surface area (Å²) >= 11 is 0. The molecule has 4 heteroatoms. The van der Waals surface area contributed by atoms with Crippen molar-refractivity contribution in [3.63, 3.8) is 0 Å². The first kappa shape index (κ1) is 13.4. The Morgan fingerprint density at radius 1 is 0.944 bits per heavy atom. The molecule has 0 radical (unpaired) electrons. The maximum absolute atomic E-state index is 12.4. The minimum Gasteiger partial charge on any atom is -0.0799 e. The van der Waals surface area contributed by atoms with Gasteiger partial charge < -0.3 is 0 Å². The summed E-state index contributed by atoms with van der Waals surface area (Å²) in [5, 5.41) is -0.841. The van der Waals surface area contributed by atoms with Crippen LogP contribution in [0.1, 0.15) is 27.7 Å². The molecule has 0 saturated carbocycles. The highest BCUT2D eigenvalue weighted by Crippen LogP contribution is 2.52. The van der Waals surface area contributed by atoms with Gasteiger partial charge in [0.1, 0.15) is 5.69 Å². The lowest BCUT2D eigenvalue weighted by Gasteiger charge is -2.35. The molecule has 0 aromatic heterocycles. The summed E-state index contributed by atoms with van der Waals surface area (Å²) in [6.07, 6.45) is 2.24. The van der Waals surface area contributed by atoms with Crippen LogP contribution in [0.4, 0.5) is 14.6 Å². The third kappa shape index (κ3) is 2.25. The number of nitrogens with zero attached hydrogens (tertiary/aromatic N) is 1. The molecule has 0 N–H and O–H groups in total. The third-order valence-corrected chi connectivity index (χ3v) is 4.91. The van der Waals surface area contributed by atoms with E-state index in [-0.39, 0.29) is 5.69 Å². The molecule has 0 atom stereocenters. The molecule has 18 heavy (non-hydrogen) atoms. The quantitative estimate of drug-likeness (QED) is 0.566. The molecule has 0 spiro atoms. The maximum atomic E-state index is 12.4. The summed E-state index contributed by atoms with van der Waals surface area (Å²) < 4.78 is 24.7. The van der Waals surface area contributed by atoms with Crippen molar-refractivity contribution in [1.29, 1.82) is 0 Å². The zero-order valence-electron chi connectivity index (χ0n) is 11.5. The molecule has 98 valence electrons. The number of rotatable bonds is 2. The monoisotopic (exact) mass is 251 g/mol. The largest absolute Gasteiger partial charge is 0.176 e. The van der Waals surface area contributed by atoms with Crippen LogP contribution in [0, 0.1) is 10.8 Å². The minimum absolute atomic E-state index is 0.0460. The Kier molecular flexibility index (Phi) is 3.16. The molecule has 0 aliphatic carbocycles. The van der Waals surface area contributed by atoms with E-state index in [1.54, 1.807) is 0 Å². The highest BCUT2D eigenvalue weighted by molar-refractivity contribution is 6.74. The molecule has 2 rings (SSSR count). The van der Waals surface area contributed by atoms with E-state index >= 15 is 0 Å². The number of hydrogen-bond donors (Lipinski definition) is 0. The SMILES string of the molecule is CC1(C)CB(c2ccc(N(F)F)cc2)CC1(C)C. The van der Waals surface area contributed by atoms with Crippen LogP contribution in [-0.4, -0.2) is 6.71 Å². The Balaban J connectivity index is 2.19. The van der Waals surface area contributed by atoms with Gasteiger partial charge in [-0.05, 0) is 28.3 Å². The van der Waals surface area contributed by atoms with E-state index in [9.17, 15) is 8.96 Å². The summed E-state index contributed by atoms with van der Waals surface area (Å²) in [6, 6.07) is 6.66. The van der Waals surface area contributed by atoms with E-state index in [1.807, 2.05) is 12.1 Å². The van der Waals surface area contributed by atoms with Gasteiger partial charge in [-0.3, -0.25) is 0 Å². The first-order chi connectivity index (χ1) is 8.23. The van der Waals surface area contributed by atoms with Crippen molar-refractivity contribution in [2.45, 2.75) is 40.3 Å². The first-order valence-electron chi connectivity index (χ1n) is 6.45. The fourth-order valence-electron chi connectivity index (χ4n) is 2.95. The van der Waals surface area contributed by atoms with E-state index in [4.69, 9.17) is 0 Å². The van der Waals surface area contributed by atoms with Crippen LogP contribution in [0.15, 0.2) is 24.3 Å². The molecule has 0 amide bonds. The van der Waals surface area contributed by atoms with Crippen LogP contribution in [-0.2, 0) is 0 Å². The summed E-state index contributed by atoms with van der Waals surface area (Å²) in [5.41, 5.74) is 1.72. The highest BCUT2D eigenvalue weighted by Gasteiger charge is 2.47. The Morgan fingerprint density at radius 3 is 1.78 bits per heavy atom. The molecule has 1 aromatic carbocycles. The topological polar surface area (TPSA) is 3.24 Å². The number of anilines is 1. The van der Waals surface area contributed by atoms with Crippen LogP contribution < -0.4 is 10.8 Å². The number of halogens is 2. The molecule has 1 aliphatic rings. The van der Waals surface area contributed by atoms with Gasteiger partial charge in [-0.1, -0.05) is 66.9 Å². The molecule has 1 saturated heterocycles. The average molecular weight is 251 g/mol. The molecule has 1 nitrogen and oxygen atoms in total. The Morgan fingerprint density at radius 2 is 1.39 bits per heavy atom. The van der Waals surface area contributed by atoms with E-state index in [1.165, 1.54) is 17.6 Å². The van der Waals surface area contributed by atoms with Gasteiger partial charge in [0.25, 0.3) is 0 Å². The second kappa shape index (κ2) is 4.25. The summed E-state index contributed by atoms with van der Waals surface area (Å²) in [7, 11) is 0. The Hall–Kier alpha value is -1.06. The van der Waals surface area contributed by atoms with Crippen LogP contribution in [0.5, 0.6) is 0 Å². The van der Waals surface area contributed by atoms with Crippen molar-refractivity contribution >= 4 is 17.9 Å². The molecule has 1 fully saturated rings. The molecular formula is C14H20BF2N. The van der Waals surface area contributed by atoms with E-state index < -0.39 is 5.34 Å². The van der Waals surface area contributed by atoms with Crippen LogP contribution in [0.3, 0.4) is 0 Å². The van der Waals surface area contributed by atoms with Gasteiger partial charge in [-0.2, -0.15) is 0 Å². The lowest BCUT2D eigenvalue weighted by Crippen LogP contribution is -2.27. The molecule has 0 bridgehead atoms. The van der Waals surface area contributed by atoms with Gasteiger partial charge in [0.2, 0.25) is 0 Å². The van der Waals surface area contributed by atoms with Gasteiger partial charge in [-0.25, -0.2) is 0 Å². The molecule has 1 aliphatic heterocycles. The van der Waals surface area contributed by atoms with Crippen LogP contribution in [0.25, 0.3) is 0 Å². The van der Waals surface area contributed by atoms with E-state index in [2.05, 4.69) is 27.7 Å². The number of hydrogen-bond acceptors (Lipinski definition) is 1. The zero-order chi connectivity index (χ0) is 13.6. The van der Waals surface area contributed by atoms with Crippen molar-refractivity contribution in [1.82, 2.24) is 0 Å². The standard InChI is InChI=1S/C14H20BF2N/c1-13(2)9-15(10-14(13,3)4)11-5-7-12(8-6-11)18(16)17/h5-8H,9-10H2,1-4H3. The predicted molar refractivity (Wildman–Crippen MR) is 73.7 cm³/mol. The maximum Gasteiger partial charge on any atom is 0.176 e.